The van der Waals surface area contributed by atoms with E-state index in [9.17, 15) is 14.4 Å². The van der Waals surface area contributed by atoms with Crippen molar-refractivity contribution in [2.45, 2.75) is 25.1 Å². The summed E-state index contributed by atoms with van der Waals surface area (Å²) in [6, 6.07) is 17.0. The van der Waals surface area contributed by atoms with Crippen LogP contribution >= 0.6 is 0 Å². The topological polar surface area (TPSA) is 82.1 Å². The molecule has 2 unspecified atom stereocenters. The number of methoxy groups -OCH3 is 1. The molecule has 0 radical (unpaired) electrons. The Morgan fingerprint density at radius 2 is 1.57 bits per heavy atom. The average Bonchev–Trinajstić information content (AvgIpc) is 3.04. The zero-order valence-electron chi connectivity index (χ0n) is 15.6. The highest BCUT2D eigenvalue weighted by Gasteiger charge is 2.51. The fraction of sp³-hybridized carbons (Fsp3) is 0.286. The molecule has 1 aliphatic rings. The summed E-state index contributed by atoms with van der Waals surface area (Å²) in [5.74, 6) is -1.17. The van der Waals surface area contributed by atoms with E-state index in [0.29, 0.717) is 0 Å². The van der Waals surface area contributed by atoms with E-state index in [1.54, 1.807) is 0 Å². The van der Waals surface area contributed by atoms with Crippen LogP contribution in [0.15, 0.2) is 60.7 Å². The van der Waals surface area contributed by atoms with Crippen LogP contribution in [0.1, 0.15) is 24.1 Å². The minimum Gasteiger partial charge on any atom is -0.467 e. The lowest BCUT2D eigenvalue weighted by Crippen LogP contribution is -2.47. The molecule has 7 nitrogen and oxygen atoms in total. The van der Waals surface area contributed by atoms with Crippen LogP contribution in [0.4, 0.5) is 4.79 Å². The molecule has 0 aliphatic carbocycles. The maximum Gasteiger partial charge on any atom is 0.411 e. The van der Waals surface area contributed by atoms with Crippen LogP contribution in [0.25, 0.3) is 0 Å². The molecule has 0 bridgehead atoms. The molecule has 1 amide bonds. The van der Waals surface area contributed by atoms with Crippen molar-refractivity contribution in [2.24, 2.45) is 0 Å². The van der Waals surface area contributed by atoms with Crippen LogP contribution in [0.2, 0.25) is 0 Å². The number of amides is 1. The Hall–Kier alpha value is -3.35. The Morgan fingerprint density at radius 3 is 2.04 bits per heavy atom. The minimum absolute atomic E-state index is 0.229. The highest BCUT2D eigenvalue weighted by molar-refractivity contribution is 5.86. The Labute approximate surface area is 162 Å². The second-order valence-corrected chi connectivity index (χ2v) is 6.32. The molecule has 7 heteroatoms. The van der Waals surface area contributed by atoms with E-state index in [1.165, 1.54) is 18.9 Å². The lowest BCUT2D eigenvalue weighted by atomic mass is 9.95. The van der Waals surface area contributed by atoms with E-state index < -0.39 is 36.2 Å². The van der Waals surface area contributed by atoms with E-state index in [4.69, 9.17) is 14.2 Å². The summed E-state index contributed by atoms with van der Waals surface area (Å²) in [4.78, 5) is 37.9. The van der Waals surface area contributed by atoms with Gasteiger partial charge in [-0.2, -0.15) is 0 Å². The monoisotopic (exact) mass is 383 g/mol. The first-order chi connectivity index (χ1) is 13.5. The molecule has 0 aromatic heterocycles. The maximum absolute atomic E-state index is 12.8. The van der Waals surface area contributed by atoms with Crippen molar-refractivity contribution in [3.63, 3.8) is 0 Å². The number of rotatable bonds is 6. The molecule has 1 aliphatic heterocycles. The summed E-state index contributed by atoms with van der Waals surface area (Å²) in [7, 11) is 1.24. The van der Waals surface area contributed by atoms with E-state index in [1.807, 2.05) is 60.7 Å². The molecule has 0 N–H and O–H groups in total. The summed E-state index contributed by atoms with van der Waals surface area (Å²) in [6.45, 7) is 1.02. The third kappa shape index (κ3) is 3.98. The van der Waals surface area contributed by atoms with Gasteiger partial charge in [0.1, 0.15) is 6.61 Å². The normalized spacial score (nSPS) is 18.7. The van der Waals surface area contributed by atoms with Crippen molar-refractivity contribution in [1.29, 1.82) is 0 Å². The van der Waals surface area contributed by atoms with Crippen LogP contribution in [0, 0.1) is 0 Å². The molecule has 2 aromatic carbocycles. The molecule has 1 fully saturated rings. The number of hydrogen-bond acceptors (Lipinski definition) is 6. The highest BCUT2D eigenvalue weighted by Crippen LogP contribution is 2.36. The first-order valence-corrected chi connectivity index (χ1v) is 8.83. The van der Waals surface area contributed by atoms with Gasteiger partial charge in [-0.15, -0.1) is 0 Å². The minimum atomic E-state index is -1.05. The first kappa shape index (κ1) is 19.4. The Kier molecular flexibility index (Phi) is 5.93. The van der Waals surface area contributed by atoms with Crippen LogP contribution in [0.5, 0.6) is 0 Å². The van der Waals surface area contributed by atoms with Gasteiger partial charge in [-0.3, -0.25) is 9.69 Å². The number of benzene rings is 2. The summed E-state index contributed by atoms with van der Waals surface area (Å²) < 4.78 is 15.3. The van der Waals surface area contributed by atoms with Gasteiger partial charge in [0.15, 0.2) is 12.1 Å². The van der Waals surface area contributed by atoms with Gasteiger partial charge in [-0.1, -0.05) is 60.7 Å². The van der Waals surface area contributed by atoms with E-state index in [2.05, 4.69) is 0 Å². The van der Waals surface area contributed by atoms with Gasteiger partial charge in [-0.25, -0.2) is 9.59 Å². The van der Waals surface area contributed by atoms with Gasteiger partial charge in [0, 0.05) is 6.92 Å². The second-order valence-electron chi connectivity index (χ2n) is 6.32. The molecule has 1 heterocycles. The highest BCUT2D eigenvalue weighted by atomic mass is 16.6. The van der Waals surface area contributed by atoms with Crippen molar-refractivity contribution in [3.8, 4) is 0 Å². The average molecular weight is 383 g/mol. The maximum atomic E-state index is 12.8. The molecule has 3 rings (SSSR count). The summed E-state index contributed by atoms with van der Waals surface area (Å²) in [5.41, 5.74) is 1.63. The first-order valence-electron chi connectivity index (χ1n) is 8.83. The molecule has 28 heavy (non-hydrogen) atoms. The van der Waals surface area contributed by atoms with Crippen molar-refractivity contribution >= 4 is 18.0 Å². The van der Waals surface area contributed by atoms with Crippen LogP contribution in [-0.2, 0) is 23.8 Å². The second kappa shape index (κ2) is 8.56. The number of ether oxygens (including phenoxy) is 3. The molecular formula is C21H21NO6. The number of carbonyl (C=O) groups excluding carboxylic acids is 3. The Bertz CT molecular complexity index is 799. The van der Waals surface area contributed by atoms with Crippen molar-refractivity contribution < 1.29 is 28.6 Å². The fourth-order valence-electron chi connectivity index (χ4n) is 3.31. The van der Waals surface area contributed by atoms with Crippen LogP contribution in [0.3, 0.4) is 0 Å². The zero-order chi connectivity index (χ0) is 20.1. The number of esters is 2. The van der Waals surface area contributed by atoms with Gasteiger partial charge in [0.25, 0.3) is 0 Å². The molecule has 2 aromatic rings. The fourth-order valence-corrected chi connectivity index (χ4v) is 3.31. The number of nitrogens with zero attached hydrogens (tertiary/aromatic N) is 1. The SMILES string of the molecule is COC(=O)C1C(COC(C)=O)OC(=O)N1C(c1ccccc1)c1ccccc1. The van der Waals surface area contributed by atoms with E-state index in [0.717, 1.165) is 11.1 Å². The smallest absolute Gasteiger partial charge is 0.411 e. The van der Waals surface area contributed by atoms with Gasteiger partial charge in [0.05, 0.1) is 13.2 Å². The predicted octanol–water partition coefficient (Wildman–Crippen LogP) is 2.70. The number of cyclic esters (lactones) is 1. The summed E-state index contributed by atoms with van der Waals surface area (Å²) in [5, 5.41) is 0. The van der Waals surface area contributed by atoms with Gasteiger partial charge in [0.2, 0.25) is 0 Å². The van der Waals surface area contributed by atoms with Crippen molar-refractivity contribution in [2.75, 3.05) is 13.7 Å². The lowest BCUT2D eigenvalue weighted by molar-refractivity contribution is -0.151. The Morgan fingerprint density at radius 1 is 1.04 bits per heavy atom. The number of hydrogen-bond donors (Lipinski definition) is 0. The summed E-state index contributed by atoms with van der Waals surface area (Å²) >= 11 is 0. The van der Waals surface area contributed by atoms with Crippen LogP contribution in [-0.4, -0.2) is 48.8 Å². The Balaban J connectivity index is 2.05. The van der Waals surface area contributed by atoms with Gasteiger partial charge < -0.3 is 14.2 Å². The standard InChI is InChI=1S/C21H21NO6/c1-14(23)27-13-17-19(20(24)26-2)22(21(25)28-17)18(15-9-5-3-6-10-15)16-11-7-4-8-12-16/h3-12,17-19H,13H2,1-2H3. The molecule has 2 atom stereocenters. The third-order valence-electron chi connectivity index (χ3n) is 4.52. The third-order valence-corrected chi connectivity index (χ3v) is 4.52. The molecule has 0 spiro atoms. The van der Waals surface area contributed by atoms with Crippen molar-refractivity contribution in [3.05, 3.63) is 71.8 Å². The predicted molar refractivity (Wildman–Crippen MR) is 99.3 cm³/mol. The quantitative estimate of drug-likeness (QED) is 0.563. The molecule has 0 saturated carbocycles. The molecule has 1 saturated heterocycles. The zero-order valence-corrected chi connectivity index (χ0v) is 15.6. The summed E-state index contributed by atoms with van der Waals surface area (Å²) in [6.07, 6.45) is -1.64. The lowest BCUT2D eigenvalue weighted by Gasteiger charge is -2.31. The largest absolute Gasteiger partial charge is 0.467 e. The van der Waals surface area contributed by atoms with E-state index >= 15 is 0 Å². The van der Waals surface area contributed by atoms with Gasteiger partial charge >= 0.3 is 18.0 Å². The van der Waals surface area contributed by atoms with Crippen LogP contribution < -0.4 is 0 Å². The molecular weight excluding hydrogens is 362 g/mol. The van der Waals surface area contributed by atoms with Gasteiger partial charge in [-0.05, 0) is 11.1 Å². The van der Waals surface area contributed by atoms with E-state index in [-0.39, 0.29) is 6.61 Å². The number of carbonyl (C=O) groups is 3. The van der Waals surface area contributed by atoms with Crippen molar-refractivity contribution in [1.82, 2.24) is 4.90 Å². The molecule has 146 valence electrons.